The topological polar surface area (TPSA) is 43.6 Å². The second kappa shape index (κ2) is 11.7. The predicted molar refractivity (Wildman–Crippen MR) is 207 cm³/mol. The van der Waals surface area contributed by atoms with Crippen LogP contribution in [0.1, 0.15) is 11.1 Å². The molecule has 50 heavy (non-hydrogen) atoms. The lowest BCUT2D eigenvalue weighted by molar-refractivity contribution is 0.975. The fourth-order valence-corrected chi connectivity index (χ4v) is 8.51. The van der Waals surface area contributed by atoms with Crippen LogP contribution in [0.25, 0.3) is 84.2 Å². The third kappa shape index (κ3) is 4.66. The van der Waals surface area contributed by atoms with E-state index in [-0.39, 0.29) is 0 Å². The summed E-state index contributed by atoms with van der Waals surface area (Å²) < 4.78 is 2.05. The van der Waals surface area contributed by atoms with Gasteiger partial charge in [0.15, 0.2) is 0 Å². The molecule has 0 bridgehead atoms. The molecule has 0 saturated carbocycles. The summed E-state index contributed by atoms with van der Waals surface area (Å²) in [4.78, 5) is 16.4. The van der Waals surface area contributed by atoms with Gasteiger partial charge in [-0.3, -0.25) is 4.57 Å². The number of benzene rings is 6. The minimum Gasteiger partial charge on any atom is -0.262 e. The molecule has 0 amide bonds. The lowest BCUT2D eigenvalue weighted by atomic mass is 9.92. The van der Waals surface area contributed by atoms with Crippen molar-refractivity contribution in [3.05, 3.63) is 169 Å². The second-order valence-electron chi connectivity index (χ2n) is 12.5. The molecule has 0 fully saturated rings. The van der Waals surface area contributed by atoms with Crippen molar-refractivity contribution in [2.75, 3.05) is 0 Å². The Bertz CT molecular complexity index is 2800. The molecule has 9 aromatic rings. The molecule has 6 aromatic carbocycles. The Morgan fingerprint density at radius 2 is 1.18 bits per heavy atom. The molecule has 234 valence electrons. The van der Waals surface area contributed by atoms with Crippen molar-refractivity contribution in [3.8, 4) is 39.3 Å². The maximum absolute atomic E-state index is 4.75. The van der Waals surface area contributed by atoms with Gasteiger partial charge in [-0.05, 0) is 97.7 Å². The quantitative estimate of drug-likeness (QED) is 0.186. The van der Waals surface area contributed by atoms with Gasteiger partial charge < -0.3 is 0 Å². The molecule has 5 heteroatoms. The van der Waals surface area contributed by atoms with E-state index < -0.39 is 0 Å². The minimum absolute atomic E-state index is 0.610. The molecular formula is C45H28N4S. The van der Waals surface area contributed by atoms with Crippen molar-refractivity contribution in [2.24, 2.45) is 0 Å². The van der Waals surface area contributed by atoms with Gasteiger partial charge in [0, 0.05) is 39.2 Å². The molecule has 4 nitrogen and oxygen atoms in total. The molecule has 0 aliphatic carbocycles. The summed E-state index contributed by atoms with van der Waals surface area (Å²) in [6, 6.07) is 50.3. The average Bonchev–Trinajstić information content (AvgIpc) is 3.50. The Hall–Kier alpha value is -6.30. The van der Waals surface area contributed by atoms with Gasteiger partial charge in [0.1, 0.15) is 5.65 Å². The van der Waals surface area contributed by atoms with Crippen LogP contribution in [0.15, 0.2) is 168 Å². The van der Waals surface area contributed by atoms with Crippen LogP contribution in [0.5, 0.6) is 0 Å². The fraction of sp³-hybridized carbons (Fsp3) is 0. The summed E-state index contributed by atoms with van der Waals surface area (Å²) in [5.41, 5.74) is 11.4. The Morgan fingerprint density at radius 1 is 0.460 bits per heavy atom. The van der Waals surface area contributed by atoms with Crippen LogP contribution in [0.3, 0.4) is 0 Å². The summed E-state index contributed by atoms with van der Waals surface area (Å²) in [5, 5.41) is 4.67. The van der Waals surface area contributed by atoms with Gasteiger partial charge >= 0.3 is 0 Å². The first-order valence-electron chi connectivity index (χ1n) is 16.7. The van der Waals surface area contributed by atoms with Gasteiger partial charge in [0.2, 0.25) is 5.95 Å². The van der Waals surface area contributed by atoms with E-state index in [4.69, 9.17) is 4.98 Å². The minimum atomic E-state index is 0.610. The summed E-state index contributed by atoms with van der Waals surface area (Å²) in [5.74, 6) is 0.610. The van der Waals surface area contributed by atoms with E-state index in [0.29, 0.717) is 5.95 Å². The van der Waals surface area contributed by atoms with Crippen molar-refractivity contribution >= 4 is 56.6 Å². The molecule has 1 aliphatic heterocycles. The van der Waals surface area contributed by atoms with E-state index in [9.17, 15) is 0 Å². The molecule has 0 radical (unpaired) electrons. The molecule has 1 aliphatic rings. The van der Waals surface area contributed by atoms with Crippen molar-refractivity contribution in [1.82, 2.24) is 19.5 Å². The van der Waals surface area contributed by atoms with E-state index in [2.05, 4.69) is 150 Å². The van der Waals surface area contributed by atoms with Crippen LogP contribution in [-0.2, 0) is 0 Å². The number of nitrogens with zero attached hydrogens (tertiary/aromatic N) is 4. The van der Waals surface area contributed by atoms with Crippen molar-refractivity contribution in [3.63, 3.8) is 0 Å². The summed E-state index contributed by atoms with van der Waals surface area (Å²) in [6.07, 6.45) is 9.91. The second-order valence-corrected chi connectivity index (χ2v) is 13.5. The Kier molecular flexibility index (Phi) is 6.71. The van der Waals surface area contributed by atoms with E-state index in [1.165, 1.54) is 53.9 Å². The molecule has 0 N–H and O–H groups in total. The fourth-order valence-electron chi connectivity index (χ4n) is 7.27. The Balaban J connectivity index is 1.22. The molecular weight excluding hydrogens is 629 g/mol. The Morgan fingerprint density at radius 3 is 2.10 bits per heavy atom. The summed E-state index contributed by atoms with van der Waals surface area (Å²) in [6.45, 7) is 0. The number of hydrogen-bond acceptors (Lipinski definition) is 4. The molecule has 0 spiro atoms. The van der Waals surface area contributed by atoms with Gasteiger partial charge in [-0.15, -0.1) is 0 Å². The largest absolute Gasteiger partial charge is 0.262 e. The van der Waals surface area contributed by atoms with E-state index in [0.717, 1.165) is 33.1 Å². The summed E-state index contributed by atoms with van der Waals surface area (Å²) in [7, 11) is 0. The third-order valence-electron chi connectivity index (χ3n) is 9.63. The highest BCUT2D eigenvalue weighted by Crippen LogP contribution is 2.47. The normalized spacial score (nSPS) is 12.2. The van der Waals surface area contributed by atoms with Crippen LogP contribution >= 0.6 is 11.8 Å². The first kappa shape index (κ1) is 28.7. The molecule has 0 unspecified atom stereocenters. The monoisotopic (exact) mass is 656 g/mol. The zero-order valence-corrected chi connectivity index (χ0v) is 27.7. The SMILES string of the molecule is C1=Cc2ccc(-c3ccc4c(c3)c3cccnc3n4-c3ncccn3)cc2-c2ccc3ccccc3c2Sc2ccccc2-c2ccccc21. The standard InChI is InChI=1S/C45H28N4S/c1-3-11-34-29(9-1)16-17-31-18-19-32(33-21-23-41-40(28-33)38-14-7-24-46-44(38)49(41)45-47-25-8-26-48-45)27-39(31)37-22-20-30-10-2-4-12-35(30)43(37)50-42-15-6-5-13-36(34)42/h1-28H. The maximum Gasteiger partial charge on any atom is 0.235 e. The van der Waals surface area contributed by atoms with Gasteiger partial charge in [-0.1, -0.05) is 121 Å². The van der Waals surface area contributed by atoms with Gasteiger partial charge in [0.05, 0.1) is 5.52 Å². The van der Waals surface area contributed by atoms with E-state index in [1.54, 1.807) is 12.4 Å². The first-order chi connectivity index (χ1) is 24.8. The highest BCUT2D eigenvalue weighted by molar-refractivity contribution is 7.99. The number of pyridine rings is 1. The number of hydrogen-bond donors (Lipinski definition) is 0. The lowest BCUT2D eigenvalue weighted by Crippen LogP contribution is -2.00. The van der Waals surface area contributed by atoms with Crippen LogP contribution in [-0.4, -0.2) is 19.5 Å². The Labute approximate surface area is 293 Å². The van der Waals surface area contributed by atoms with Gasteiger partial charge in [-0.25, -0.2) is 15.0 Å². The van der Waals surface area contributed by atoms with Crippen molar-refractivity contribution < 1.29 is 0 Å². The number of fused-ring (bicyclic) bond motifs is 11. The van der Waals surface area contributed by atoms with Crippen LogP contribution < -0.4 is 0 Å². The predicted octanol–water partition coefficient (Wildman–Crippen LogP) is 11.8. The lowest BCUT2D eigenvalue weighted by Gasteiger charge is -2.17. The number of rotatable bonds is 2. The molecule has 10 rings (SSSR count). The van der Waals surface area contributed by atoms with E-state index in [1.807, 2.05) is 34.7 Å². The average molecular weight is 657 g/mol. The smallest absolute Gasteiger partial charge is 0.235 e. The summed E-state index contributed by atoms with van der Waals surface area (Å²) >= 11 is 1.86. The van der Waals surface area contributed by atoms with Crippen molar-refractivity contribution in [1.29, 1.82) is 0 Å². The highest BCUT2D eigenvalue weighted by atomic mass is 32.2. The van der Waals surface area contributed by atoms with Crippen LogP contribution in [0.2, 0.25) is 0 Å². The molecule has 0 saturated heterocycles. The van der Waals surface area contributed by atoms with Crippen molar-refractivity contribution in [2.45, 2.75) is 9.79 Å². The van der Waals surface area contributed by atoms with Gasteiger partial charge in [-0.2, -0.15) is 0 Å². The molecule has 0 atom stereocenters. The number of aromatic nitrogens is 4. The first-order valence-corrected chi connectivity index (χ1v) is 17.5. The molecule has 3 aromatic heterocycles. The van der Waals surface area contributed by atoms with Crippen LogP contribution in [0.4, 0.5) is 0 Å². The zero-order chi connectivity index (χ0) is 33.0. The highest BCUT2D eigenvalue weighted by Gasteiger charge is 2.20. The van der Waals surface area contributed by atoms with E-state index >= 15 is 0 Å². The zero-order valence-electron chi connectivity index (χ0n) is 26.9. The third-order valence-corrected chi connectivity index (χ3v) is 10.8. The molecule has 4 heterocycles. The van der Waals surface area contributed by atoms with Gasteiger partial charge in [0.25, 0.3) is 0 Å². The maximum atomic E-state index is 4.75. The van der Waals surface area contributed by atoms with Crippen LogP contribution in [0, 0.1) is 0 Å².